The number of aliphatic hydroxyl groups excluding tert-OH is 1. The molecule has 8 heteroatoms. The number of ketones is 1. The van der Waals surface area contributed by atoms with Crippen LogP contribution in [-0.2, 0) is 24.2 Å². The molecule has 0 aliphatic heterocycles. The molecule has 4 N–H and O–H groups in total. The van der Waals surface area contributed by atoms with Crippen molar-refractivity contribution in [3.8, 4) is 6.07 Å². The summed E-state index contributed by atoms with van der Waals surface area (Å²) in [5, 5.41) is 25.9. The van der Waals surface area contributed by atoms with Crippen molar-refractivity contribution < 1.29 is 9.90 Å². The molecule has 0 bridgehead atoms. The number of anilines is 4. The minimum Gasteiger partial charge on any atom is -0.392 e. The number of aliphatic hydroxyl groups is 1. The summed E-state index contributed by atoms with van der Waals surface area (Å²) in [6.45, 7) is -0.0303. The van der Waals surface area contributed by atoms with Crippen molar-refractivity contribution in [1.29, 1.82) is 5.26 Å². The first-order chi connectivity index (χ1) is 15.6. The zero-order valence-electron chi connectivity index (χ0n) is 17.1. The molecule has 0 atom stereocenters. The number of benzene rings is 2. The Balaban J connectivity index is 1.50. The molecule has 8 nitrogen and oxygen atoms in total. The normalized spacial score (nSPS) is 12.9. The molecule has 0 radical (unpaired) electrons. The van der Waals surface area contributed by atoms with E-state index in [-0.39, 0.29) is 12.4 Å². The van der Waals surface area contributed by atoms with E-state index in [9.17, 15) is 15.2 Å². The molecule has 0 unspecified atom stereocenters. The smallest absolute Gasteiger partial charge is 0.231 e. The summed E-state index contributed by atoms with van der Waals surface area (Å²) in [5.41, 5.74) is 5.62. The number of nitrogens with zero attached hydrogens (tertiary/aromatic N) is 3. The largest absolute Gasteiger partial charge is 0.392 e. The number of nitriles is 1. The Morgan fingerprint density at radius 2 is 1.84 bits per heavy atom. The van der Waals surface area contributed by atoms with Crippen molar-refractivity contribution in [1.82, 2.24) is 15.0 Å². The van der Waals surface area contributed by atoms with Crippen LogP contribution in [0, 0.1) is 11.3 Å². The molecule has 4 aromatic rings. The molecule has 1 aliphatic carbocycles. The summed E-state index contributed by atoms with van der Waals surface area (Å²) in [6.07, 6.45) is 3.41. The summed E-state index contributed by atoms with van der Waals surface area (Å²) >= 11 is 0. The molecule has 32 heavy (non-hydrogen) atoms. The number of hydrogen-bond acceptors (Lipinski definition) is 7. The van der Waals surface area contributed by atoms with Crippen LogP contribution in [0.1, 0.15) is 28.7 Å². The average Bonchev–Trinajstić information content (AvgIpc) is 3.23. The molecule has 2 aromatic carbocycles. The lowest BCUT2D eigenvalue weighted by atomic mass is 9.90. The number of fused-ring (bicyclic) bond motifs is 2. The molecule has 0 spiro atoms. The van der Waals surface area contributed by atoms with Crippen LogP contribution in [0.4, 0.5) is 23.1 Å². The number of aromatic nitrogens is 3. The van der Waals surface area contributed by atoms with E-state index in [1.165, 1.54) is 0 Å². The fraction of sp³-hybridized carbons (Fsp3) is 0.167. The van der Waals surface area contributed by atoms with E-state index in [0.29, 0.717) is 41.2 Å². The van der Waals surface area contributed by atoms with Crippen LogP contribution in [0.3, 0.4) is 0 Å². The standard InChI is InChI=1S/C24H20N6O2/c25-11-17-12-26-22-21(17)23(27-18-5-1-14(13-31)2-6-18)30-24(29-22)28-19-7-3-16-10-20(32)8-4-15(16)9-19/h1-3,5-7,9,12,31H,4,8,10,13H2,(H3,26,27,28,29,30). The molecule has 0 fully saturated rings. The van der Waals surface area contributed by atoms with Gasteiger partial charge in [-0.2, -0.15) is 15.2 Å². The summed E-state index contributed by atoms with van der Waals surface area (Å²) in [4.78, 5) is 23.9. The van der Waals surface area contributed by atoms with E-state index in [1.54, 1.807) is 6.20 Å². The van der Waals surface area contributed by atoms with E-state index < -0.39 is 0 Å². The van der Waals surface area contributed by atoms with Gasteiger partial charge in [-0.1, -0.05) is 18.2 Å². The van der Waals surface area contributed by atoms with Gasteiger partial charge in [0.1, 0.15) is 23.3 Å². The SMILES string of the molecule is N#Cc1c[nH]c2nc(Nc3ccc4c(c3)CCC(=O)C4)nc(Nc3ccc(CO)cc3)c12. The van der Waals surface area contributed by atoms with Crippen LogP contribution in [0.25, 0.3) is 11.0 Å². The Hall–Kier alpha value is -4.22. The molecule has 0 amide bonds. The maximum Gasteiger partial charge on any atom is 0.231 e. The molecule has 2 aromatic heterocycles. The van der Waals surface area contributed by atoms with Crippen molar-refractivity contribution in [3.63, 3.8) is 0 Å². The van der Waals surface area contributed by atoms with Gasteiger partial charge < -0.3 is 20.7 Å². The lowest BCUT2D eigenvalue weighted by molar-refractivity contribution is -0.118. The predicted molar refractivity (Wildman–Crippen MR) is 121 cm³/mol. The van der Waals surface area contributed by atoms with Gasteiger partial charge in [0.05, 0.1) is 17.6 Å². The Kier molecular flexibility index (Phi) is 5.01. The number of aryl methyl sites for hydroxylation is 1. The third kappa shape index (κ3) is 3.77. The van der Waals surface area contributed by atoms with Gasteiger partial charge in [-0.15, -0.1) is 0 Å². The van der Waals surface area contributed by atoms with Crippen LogP contribution in [0.15, 0.2) is 48.7 Å². The first kappa shape index (κ1) is 19.7. The molecule has 5 rings (SSSR count). The van der Waals surface area contributed by atoms with E-state index in [0.717, 1.165) is 34.5 Å². The zero-order chi connectivity index (χ0) is 22.1. The van der Waals surface area contributed by atoms with Crippen LogP contribution < -0.4 is 10.6 Å². The van der Waals surface area contributed by atoms with Gasteiger partial charge in [0, 0.05) is 30.4 Å². The molecule has 1 aliphatic rings. The van der Waals surface area contributed by atoms with E-state index in [1.807, 2.05) is 42.5 Å². The summed E-state index contributed by atoms with van der Waals surface area (Å²) in [6, 6.07) is 15.4. The monoisotopic (exact) mass is 424 g/mol. The molecule has 158 valence electrons. The predicted octanol–water partition coefficient (Wildman–Crippen LogP) is 3.87. The van der Waals surface area contributed by atoms with Crippen molar-refractivity contribution in [3.05, 3.63) is 70.9 Å². The first-order valence-corrected chi connectivity index (χ1v) is 10.3. The highest BCUT2D eigenvalue weighted by Gasteiger charge is 2.17. The third-order valence-electron chi connectivity index (χ3n) is 5.57. The van der Waals surface area contributed by atoms with Crippen molar-refractivity contribution in [2.75, 3.05) is 10.6 Å². The number of aromatic amines is 1. The lowest BCUT2D eigenvalue weighted by Crippen LogP contribution is -2.13. The second kappa shape index (κ2) is 8.13. The Morgan fingerprint density at radius 1 is 1.03 bits per heavy atom. The van der Waals surface area contributed by atoms with Crippen molar-refractivity contribution in [2.24, 2.45) is 0 Å². The first-order valence-electron chi connectivity index (χ1n) is 10.3. The van der Waals surface area contributed by atoms with Crippen LogP contribution in [-0.4, -0.2) is 25.8 Å². The highest BCUT2D eigenvalue weighted by Crippen LogP contribution is 2.30. The zero-order valence-corrected chi connectivity index (χ0v) is 17.1. The van der Waals surface area contributed by atoms with Crippen molar-refractivity contribution in [2.45, 2.75) is 25.9 Å². The van der Waals surface area contributed by atoms with E-state index in [4.69, 9.17) is 0 Å². The topological polar surface area (TPSA) is 127 Å². The molecule has 2 heterocycles. The third-order valence-corrected chi connectivity index (χ3v) is 5.57. The minimum absolute atomic E-state index is 0.0303. The van der Waals surface area contributed by atoms with Gasteiger partial charge >= 0.3 is 0 Å². The number of hydrogen-bond donors (Lipinski definition) is 4. The summed E-state index contributed by atoms with van der Waals surface area (Å²) in [7, 11) is 0. The second-order valence-corrected chi connectivity index (χ2v) is 7.74. The number of carbonyl (C=O) groups is 1. The molecule has 0 saturated carbocycles. The molecule has 0 saturated heterocycles. The number of rotatable bonds is 5. The van der Waals surface area contributed by atoms with Gasteiger partial charge in [-0.25, -0.2) is 0 Å². The number of H-pyrrole nitrogens is 1. The Morgan fingerprint density at radius 3 is 2.62 bits per heavy atom. The van der Waals surface area contributed by atoms with Gasteiger partial charge in [-0.05, 0) is 47.4 Å². The quantitative estimate of drug-likeness (QED) is 0.383. The van der Waals surface area contributed by atoms with Crippen LogP contribution in [0.5, 0.6) is 0 Å². The van der Waals surface area contributed by atoms with Crippen molar-refractivity contribution >= 4 is 40.0 Å². The number of carbonyl (C=O) groups excluding carboxylic acids is 1. The minimum atomic E-state index is -0.0303. The van der Waals surface area contributed by atoms with Gasteiger partial charge in [0.2, 0.25) is 5.95 Å². The van der Waals surface area contributed by atoms with E-state index in [2.05, 4.69) is 31.7 Å². The maximum atomic E-state index is 11.7. The van der Waals surface area contributed by atoms with Crippen LogP contribution in [0.2, 0.25) is 0 Å². The Labute approximate surface area is 184 Å². The lowest BCUT2D eigenvalue weighted by Gasteiger charge is -2.16. The fourth-order valence-corrected chi connectivity index (χ4v) is 3.91. The van der Waals surface area contributed by atoms with Crippen LogP contribution >= 0.6 is 0 Å². The summed E-state index contributed by atoms with van der Waals surface area (Å²) < 4.78 is 0. The van der Waals surface area contributed by atoms with E-state index >= 15 is 0 Å². The highest BCUT2D eigenvalue weighted by atomic mass is 16.3. The highest BCUT2D eigenvalue weighted by molar-refractivity contribution is 5.95. The Bertz CT molecular complexity index is 1370. The molecular weight excluding hydrogens is 404 g/mol. The van der Waals surface area contributed by atoms with Gasteiger partial charge in [0.25, 0.3) is 0 Å². The second-order valence-electron chi connectivity index (χ2n) is 7.74. The maximum absolute atomic E-state index is 11.7. The fourth-order valence-electron chi connectivity index (χ4n) is 3.91. The summed E-state index contributed by atoms with van der Waals surface area (Å²) in [5.74, 6) is 1.15. The van der Waals surface area contributed by atoms with Gasteiger partial charge in [-0.3, -0.25) is 4.79 Å². The van der Waals surface area contributed by atoms with Gasteiger partial charge in [0.15, 0.2) is 0 Å². The number of nitrogens with one attached hydrogen (secondary N) is 3. The molecular formula is C24H20N6O2. The average molecular weight is 424 g/mol. The number of Topliss-reactive ketones (excluding diaryl/α,β-unsaturated/α-hetero) is 1.